The van der Waals surface area contributed by atoms with E-state index in [0.29, 0.717) is 0 Å². The molecule has 65 heavy (non-hydrogen) atoms. The minimum Gasteiger partial charge on any atom is -0.456 e. The highest BCUT2D eigenvalue weighted by atomic mass is 16.3. The van der Waals surface area contributed by atoms with E-state index in [1.165, 1.54) is 60.0 Å². The van der Waals surface area contributed by atoms with Gasteiger partial charge in [-0.05, 0) is 111 Å². The van der Waals surface area contributed by atoms with Crippen LogP contribution >= 0.6 is 0 Å². The monoisotopic (exact) mass is 828 g/mol. The first-order valence-electron chi connectivity index (χ1n) is 22.2. The van der Waals surface area contributed by atoms with Crippen molar-refractivity contribution in [3.8, 4) is 39.1 Å². The molecule has 0 unspecified atom stereocenters. The maximum absolute atomic E-state index is 6.41. The van der Waals surface area contributed by atoms with Gasteiger partial charge >= 0.3 is 0 Å². The van der Waals surface area contributed by atoms with Gasteiger partial charge in [-0.25, -0.2) is 0 Å². The number of anilines is 3. The standard InChI is InChI=1S/C62H40N2O/c1-2-18-51-44(13-1)31-32-45-14-12-25-59(62(45)51)63(56-22-7-3-17-50(56)47-35-38-55-54-21-6-10-26-60(54)65-61(55)40-47)48-36-33-42(34-37-48)41-27-29-43(30-28-41)46-15-11-16-49(39-46)64-57-23-8-4-19-52(57)53-20-5-9-24-58(53)64/h1-40H. The van der Waals surface area contributed by atoms with Gasteiger partial charge in [0.05, 0.1) is 22.4 Å². The van der Waals surface area contributed by atoms with E-state index in [0.717, 1.165) is 61.4 Å². The Morgan fingerprint density at radius 1 is 0.323 bits per heavy atom. The summed E-state index contributed by atoms with van der Waals surface area (Å²) in [5, 5.41) is 9.64. The Kier molecular flexibility index (Phi) is 8.53. The second-order valence-corrected chi connectivity index (χ2v) is 16.9. The zero-order valence-electron chi connectivity index (χ0n) is 35.4. The van der Waals surface area contributed by atoms with Gasteiger partial charge in [-0.15, -0.1) is 0 Å². The van der Waals surface area contributed by atoms with Gasteiger partial charge in [-0.1, -0.05) is 176 Å². The van der Waals surface area contributed by atoms with Gasteiger partial charge in [0.25, 0.3) is 0 Å². The van der Waals surface area contributed by atoms with Crippen LogP contribution in [0, 0.1) is 0 Å². The number of hydrogen-bond donors (Lipinski definition) is 0. The second-order valence-electron chi connectivity index (χ2n) is 16.9. The van der Waals surface area contributed by atoms with Crippen LogP contribution in [0.4, 0.5) is 17.1 Å². The summed E-state index contributed by atoms with van der Waals surface area (Å²) >= 11 is 0. The maximum atomic E-state index is 6.41. The molecule has 3 nitrogen and oxygen atoms in total. The van der Waals surface area contributed by atoms with Gasteiger partial charge < -0.3 is 13.9 Å². The first kappa shape index (κ1) is 36.9. The summed E-state index contributed by atoms with van der Waals surface area (Å²) in [6.45, 7) is 0. The molecule has 2 heterocycles. The van der Waals surface area contributed by atoms with Crippen LogP contribution in [0.3, 0.4) is 0 Å². The number of aromatic nitrogens is 1. The van der Waals surface area contributed by atoms with Crippen LogP contribution in [0.1, 0.15) is 0 Å². The summed E-state index contributed by atoms with van der Waals surface area (Å²) in [4.78, 5) is 2.43. The summed E-state index contributed by atoms with van der Waals surface area (Å²) in [6, 6.07) is 87.7. The summed E-state index contributed by atoms with van der Waals surface area (Å²) in [7, 11) is 0. The third-order valence-electron chi connectivity index (χ3n) is 13.2. The molecule has 0 aliphatic heterocycles. The highest BCUT2D eigenvalue weighted by Gasteiger charge is 2.21. The molecule has 0 bridgehead atoms. The number of furan rings is 1. The van der Waals surface area contributed by atoms with Crippen molar-refractivity contribution in [3.05, 3.63) is 243 Å². The molecular formula is C62H40N2O. The van der Waals surface area contributed by atoms with Gasteiger partial charge in [0, 0.05) is 43.9 Å². The van der Waals surface area contributed by atoms with Crippen LogP contribution in [-0.4, -0.2) is 4.57 Å². The molecule has 0 fully saturated rings. The molecule has 0 spiro atoms. The van der Waals surface area contributed by atoms with Crippen LogP contribution in [0.25, 0.3) is 104 Å². The summed E-state index contributed by atoms with van der Waals surface area (Å²) in [5.41, 5.74) is 15.5. The van der Waals surface area contributed by atoms with Crippen molar-refractivity contribution in [1.29, 1.82) is 0 Å². The molecule has 0 radical (unpaired) electrons. The number of fused-ring (bicyclic) bond motifs is 9. The number of nitrogens with zero attached hydrogens (tertiary/aromatic N) is 2. The lowest BCUT2D eigenvalue weighted by atomic mass is 9.96. The normalized spacial score (nSPS) is 11.7. The second kappa shape index (κ2) is 15.0. The van der Waals surface area contributed by atoms with Crippen molar-refractivity contribution in [2.24, 2.45) is 0 Å². The number of para-hydroxylation sites is 4. The minimum absolute atomic E-state index is 0.882. The van der Waals surface area contributed by atoms with Crippen molar-refractivity contribution < 1.29 is 4.42 Å². The molecule has 0 atom stereocenters. The molecule has 13 aromatic rings. The first-order chi connectivity index (χ1) is 32.2. The highest BCUT2D eigenvalue weighted by molar-refractivity contribution is 6.16. The van der Waals surface area contributed by atoms with Gasteiger partial charge in [0.2, 0.25) is 0 Å². The number of hydrogen-bond acceptors (Lipinski definition) is 2. The lowest BCUT2D eigenvalue weighted by molar-refractivity contribution is 0.669. The predicted molar refractivity (Wildman–Crippen MR) is 274 cm³/mol. The molecule has 2 aromatic heterocycles. The fourth-order valence-electron chi connectivity index (χ4n) is 10.1. The van der Waals surface area contributed by atoms with E-state index in [4.69, 9.17) is 4.42 Å². The average Bonchev–Trinajstić information content (AvgIpc) is 3.92. The summed E-state index contributed by atoms with van der Waals surface area (Å²) < 4.78 is 8.79. The number of benzene rings is 11. The van der Waals surface area contributed by atoms with Crippen molar-refractivity contribution in [2.45, 2.75) is 0 Å². The van der Waals surface area contributed by atoms with E-state index in [9.17, 15) is 0 Å². The molecule has 304 valence electrons. The van der Waals surface area contributed by atoms with Gasteiger partial charge in [-0.3, -0.25) is 0 Å². The Bertz CT molecular complexity index is 3900. The van der Waals surface area contributed by atoms with E-state index in [-0.39, 0.29) is 0 Å². The van der Waals surface area contributed by atoms with Gasteiger partial charge in [0.1, 0.15) is 11.2 Å². The van der Waals surface area contributed by atoms with E-state index in [1.54, 1.807) is 0 Å². The van der Waals surface area contributed by atoms with Crippen LogP contribution < -0.4 is 4.90 Å². The van der Waals surface area contributed by atoms with Gasteiger partial charge in [0.15, 0.2) is 0 Å². The van der Waals surface area contributed by atoms with Crippen molar-refractivity contribution >= 4 is 82.4 Å². The molecule has 0 aliphatic rings. The van der Waals surface area contributed by atoms with Crippen LogP contribution in [0.15, 0.2) is 247 Å². The Morgan fingerprint density at radius 3 is 1.66 bits per heavy atom. The lowest BCUT2D eigenvalue weighted by Gasteiger charge is -2.29. The van der Waals surface area contributed by atoms with E-state index in [2.05, 4.69) is 240 Å². The Morgan fingerprint density at radius 2 is 0.877 bits per heavy atom. The summed E-state index contributed by atoms with van der Waals surface area (Å²) in [6.07, 6.45) is 0. The maximum Gasteiger partial charge on any atom is 0.136 e. The molecule has 0 saturated carbocycles. The quantitative estimate of drug-likeness (QED) is 0.149. The largest absolute Gasteiger partial charge is 0.456 e. The molecule has 0 amide bonds. The number of rotatable bonds is 7. The third kappa shape index (κ3) is 6.12. The van der Waals surface area contributed by atoms with Crippen molar-refractivity contribution in [2.75, 3.05) is 4.90 Å². The van der Waals surface area contributed by atoms with Gasteiger partial charge in [-0.2, -0.15) is 0 Å². The van der Waals surface area contributed by atoms with E-state index >= 15 is 0 Å². The minimum atomic E-state index is 0.882. The molecule has 3 heteroatoms. The fraction of sp³-hybridized carbons (Fsp3) is 0. The molecule has 0 aliphatic carbocycles. The molecule has 13 rings (SSSR count). The Balaban J connectivity index is 0.899. The Labute approximate surface area is 376 Å². The van der Waals surface area contributed by atoms with Crippen molar-refractivity contribution in [1.82, 2.24) is 4.57 Å². The SMILES string of the molecule is c1cc(-c2ccc(-c3ccc(N(c4ccccc4-c4ccc5c(c4)oc4ccccc45)c4cccc5ccc6ccccc6c45)cc3)cc2)cc(-n2c3ccccc3c3ccccc32)c1. The zero-order valence-corrected chi connectivity index (χ0v) is 35.4. The summed E-state index contributed by atoms with van der Waals surface area (Å²) in [5.74, 6) is 0. The average molecular weight is 829 g/mol. The van der Waals surface area contributed by atoms with Crippen LogP contribution in [0.5, 0.6) is 0 Å². The molecule has 0 N–H and O–H groups in total. The predicted octanol–water partition coefficient (Wildman–Crippen LogP) is 17.5. The lowest BCUT2D eigenvalue weighted by Crippen LogP contribution is -2.12. The fourth-order valence-corrected chi connectivity index (χ4v) is 10.1. The first-order valence-corrected chi connectivity index (χ1v) is 22.2. The Hall–Kier alpha value is -8.66. The van der Waals surface area contributed by atoms with Crippen LogP contribution in [0.2, 0.25) is 0 Å². The smallest absolute Gasteiger partial charge is 0.136 e. The third-order valence-corrected chi connectivity index (χ3v) is 13.2. The molecular weight excluding hydrogens is 789 g/mol. The zero-order chi connectivity index (χ0) is 42.8. The van der Waals surface area contributed by atoms with Crippen LogP contribution in [-0.2, 0) is 0 Å². The molecule has 0 saturated heterocycles. The van der Waals surface area contributed by atoms with Crippen molar-refractivity contribution in [3.63, 3.8) is 0 Å². The highest BCUT2D eigenvalue weighted by Crippen LogP contribution is 2.46. The van der Waals surface area contributed by atoms with E-state index < -0.39 is 0 Å². The molecule has 11 aromatic carbocycles. The van der Waals surface area contributed by atoms with E-state index in [1.807, 2.05) is 12.1 Å². The topological polar surface area (TPSA) is 21.3 Å².